The third kappa shape index (κ3) is 3.85. The first kappa shape index (κ1) is 19.2. The van der Waals surface area contributed by atoms with Crippen LogP contribution in [0, 0.1) is 0 Å². The summed E-state index contributed by atoms with van der Waals surface area (Å²) in [7, 11) is 0. The van der Waals surface area contributed by atoms with Crippen LogP contribution < -0.4 is 4.74 Å². The number of rotatable bonds is 4. The topological polar surface area (TPSA) is 52.3 Å². The number of benzene rings is 2. The maximum Gasteiger partial charge on any atom is 0.235 e. The minimum absolute atomic E-state index is 0.104. The van der Waals surface area contributed by atoms with Crippen molar-refractivity contribution in [1.82, 2.24) is 19.8 Å². The molecule has 0 fully saturated rings. The molecule has 2 aromatic heterocycles. The van der Waals surface area contributed by atoms with Gasteiger partial charge >= 0.3 is 0 Å². The first-order valence-corrected chi connectivity index (χ1v) is 10.3. The highest BCUT2D eigenvalue weighted by Crippen LogP contribution is 2.29. The Balaban J connectivity index is 1.57. The Morgan fingerprint density at radius 2 is 1.79 bits per heavy atom. The van der Waals surface area contributed by atoms with Gasteiger partial charge in [0.25, 0.3) is 0 Å². The summed E-state index contributed by atoms with van der Waals surface area (Å²) in [5.74, 6) is 1.28. The van der Waals surface area contributed by atoms with E-state index in [0.29, 0.717) is 21.6 Å². The van der Waals surface area contributed by atoms with E-state index >= 15 is 0 Å². The van der Waals surface area contributed by atoms with E-state index < -0.39 is 0 Å². The number of nitrogens with zero attached hydrogens (tertiary/aromatic N) is 4. The Morgan fingerprint density at radius 3 is 2.46 bits per heavy atom. The van der Waals surface area contributed by atoms with Crippen LogP contribution in [-0.2, 0) is 12.0 Å². The van der Waals surface area contributed by atoms with E-state index in [1.807, 2.05) is 0 Å². The predicted octanol–water partition coefficient (Wildman–Crippen LogP) is 6.04. The first-order chi connectivity index (χ1) is 13.3. The molecule has 2 aromatic carbocycles. The molecule has 0 radical (unpaired) electrons. The van der Waals surface area contributed by atoms with E-state index in [-0.39, 0.29) is 12.0 Å². The molecule has 2 heterocycles. The predicted molar refractivity (Wildman–Crippen MR) is 114 cm³/mol. The lowest BCUT2D eigenvalue weighted by molar-refractivity contribution is 0.304. The van der Waals surface area contributed by atoms with Crippen molar-refractivity contribution in [2.24, 2.45) is 0 Å². The SMILES string of the molecule is CC(C)(C)c1ccc(-c2nnc3sc(COc4ccc(Cl)cc4Cl)nn23)cc1. The molecule has 0 saturated heterocycles. The van der Waals surface area contributed by atoms with Gasteiger partial charge in [0.2, 0.25) is 4.96 Å². The molecule has 0 bridgehead atoms. The second-order valence-electron chi connectivity index (χ2n) is 7.40. The molecule has 4 rings (SSSR count). The van der Waals surface area contributed by atoms with Crippen LogP contribution in [0.2, 0.25) is 10.0 Å². The number of halogens is 2. The number of ether oxygens (including phenoxy) is 1. The van der Waals surface area contributed by atoms with Gasteiger partial charge in [-0.15, -0.1) is 10.2 Å². The van der Waals surface area contributed by atoms with Gasteiger partial charge in [0.15, 0.2) is 10.8 Å². The van der Waals surface area contributed by atoms with E-state index in [1.165, 1.54) is 16.9 Å². The van der Waals surface area contributed by atoms with E-state index in [1.54, 1.807) is 22.7 Å². The van der Waals surface area contributed by atoms with Crippen LogP contribution in [0.1, 0.15) is 31.3 Å². The molecule has 5 nitrogen and oxygen atoms in total. The van der Waals surface area contributed by atoms with Crippen molar-refractivity contribution in [3.63, 3.8) is 0 Å². The van der Waals surface area contributed by atoms with Crippen LogP contribution in [0.5, 0.6) is 5.75 Å². The molecular formula is C20H18Cl2N4OS. The molecule has 0 saturated carbocycles. The molecule has 0 spiro atoms. The van der Waals surface area contributed by atoms with Crippen LogP contribution in [0.15, 0.2) is 42.5 Å². The second kappa shape index (κ2) is 7.35. The third-order valence-corrected chi connectivity index (χ3v) is 5.69. The molecule has 4 aromatic rings. The van der Waals surface area contributed by atoms with Crippen LogP contribution in [-0.4, -0.2) is 19.8 Å². The molecule has 0 unspecified atom stereocenters. The zero-order chi connectivity index (χ0) is 19.9. The van der Waals surface area contributed by atoms with Crippen molar-refractivity contribution in [1.29, 1.82) is 0 Å². The molecule has 0 aliphatic rings. The molecule has 0 aliphatic carbocycles. The molecule has 8 heteroatoms. The van der Waals surface area contributed by atoms with Crippen molar-refractivity contribution in [3.05, 3.63) is 63.1 Å². The van der Waals surface area contributed by atoms with Gasteiger partial charge in [-0.2, -0.15) is 9.61 Å². The van der Waals surface area contributed by atoms with Crippen molar-refractivity contribution in [2.75, 3.05) is 0 Å². The third-order valence-electron chi connectivity index (χ3n) is 4.29. The zero-order valence-electron chi connectivity index (χ0n) is 15.6. The maximum atomic E-state index is 6.15. The van der Waals surface area contributed by atoms with E-state index in [2.05, 4.69) is 60.3 Å². The van der Waals surface area contributed by atoms with Gasteiger partial charge in [-0.25, -0.2) is 0 Å². The smallest absolute Gasteiger partial charge is 0.235 e. The van der Waals surface area contributed by atoms with E-state index in [0.717, 1.165) is 15.5 Å². The van der Waals surface area contributed by atoms with Gasteiger partial charge < -0.3 is 4.74 Å². The highest BCUT2D eigenvalue weighted by Gasteiger charge is 2.17. The van der Waals surface area contributed by atoms with Gasteiger partial charge in [0.05, 0.1) is 5.02 Å². The Hall–Kier alpha value is -2.15. The lowest BCUT2D eigenvalue weighted by Gasteiger charge is -2.18. The van der Waals surface area contributed by atoms with Crippen molar-refractivity contribution in [2.45, 2.75) is 32.8 Å². The van der Waals surface area contributed by atoms with Gasteiger partial charge in [-0.3, -0.25) is 0 Å². The normalized spacial score (nSPS) is 11.9. The number of fused-ring (bicyclic) bond motifs is 1. The lowest BCUT2D eigenvalue weighted by Crippen LogP contribution is -2.10. The van der Waals surface area contributed by atoms with Crippen molar-refractivity contribution >= 4 is 39.5 Å². The Kier molecular flexibility index (Phi) is 5.04. The molecule has 28 heavy (non-hydrogen) atoms. The minimum Gasteiger partial charge on any atom is -0.485 e. The standard InChI is InChI=1S/C20H18Cl2N4OS/c1-20(2,3)13-6-4-12(5-7-13)18-23-24-19-26(18)25-17(28-19)11-27-16-9-8-14(21)10-15(16)22/h4-10H,11H2,1-3H3. The second-order valence-corrected chi connectivity index (χ2v) is 9.29. The summed E-state index contributed by atoms with van der Waals surface area (Å²) in [6.07, 6.45) is 0. The average Bonchev–Trinajstić information content (AvgIpc) is 3.20. The summed E-state index contributed by atoms with van der Waals surface area (Å²) < 4.78 is 7.52. The maximum absolute atomic E-state index is 6.15. The number of hydrogen-bond acceptors (Lipinski definition) is 5. The van der Waals surface area contributed by atoms with E-state index in [9.17, 15) is 0 Å². The van der Waals surface area contributed by atoms with Gasteiger partial charge in [-0.1, -0.05) is 79.6 Å². The fourth-order valence-corrected chi connectivity index (χ4v) is 3.96. The summed E-state index contributed by atoms with van der Waals surface area (Å²) in [5, 5.41) is 14.9. The summed E-state index contributed by atoms with van der Waals surface area (Å²) in [4.78, 5) is 0.718. The van der Waals surface area contributed by atoms with E-state index in [4.69, 9.17) is 27.9 Å². The minimum atomic E-state index is 0.104. The van der Waals surface area contributed by atoms with Crippen molar-refractivity contribution in [3.8, 4) is 17.1 Å². The van der Waals surface area contributed by atoms with Gasteiger partial charge in [0.1, 0.15) is 12.4 Å². The molecular weight excluding hydrogens is 415 g/mol. The monoisotopic (exact) mass is 432 g/mol. The lowest BCUT2D eigenvalue weighted by atomic mass is 9.87. The van der Waals surface area contributed by atoms with Gasteiger partial charge in [-0.05, 0) is 29.2 Å². The number of aromatic nitrogens is 4. The van der Waals surface area contributed by atoms with Crippen LogP contribution in [0.3, 0.4) is 0 Å². The molecule has 144 valence electrons. The Morgan fingerprint density at radius 1 is 1.04 bits per heavy atom. The van der Waals surface area contributed by atoms with Crippen LogP contribution in [0.25, 0.3) is 16.3 Å². The zero-order valence-corrected chi connectivity index (χ0v) is 17.9. The highest BCUT2D eigenvalue weighted by atomic mass is 35.5. The van der Waals surface area contributed by atoms with Crippen LogP contribution in [0.4, 0.5) is 0 Å². The molecule has 0 aliphatic heterocycles. The average molecular weight is 433 g/mol. The Bertz CT molecular complexity index is 1130. The van der Waals surface area contributed by atoms with Gasteiger partial charge in [0, 0.05) is 10.6 Å². The first-order valence-electron chi connectivity index (χ1n) is 8.71. The summed E-state index contributed by atoms with van der Waals surface area (Å²) in [6.45, 7) is 6.86. The van der Waals surface area contributed by atoms with Crippen LogP contribution >= 0.6 is 34.5 Å². The molecule has 0 atom stereocenters. The summed E-state index contributed by atoms with van der Waals surface area (Å²) >= 11 is 13.5. The fraction of sp³-hybridized carbons (Fsp3) is 0.250. The summed E-state index contributed by atoms with van der Waals surface area (Å²) in [5.41, 5.74) is 2.34. The summed E-state index contributed by atoms with van der Waals surface area (Å²) in [6, 6.07) is 13.5. The quantitative estimate of drug-likeness (QED) is 0.394. The molecule has 0 amide bonds. The highest BCUT2D eigenvalue weighted by molar-refractivity contribution is 7.16. The molecule has 0 N–H and O–H groups in total. The number of hydrogen-bond donors (Lipinski definition) is 0. The van der Waals surface area contributed by atoms with Crippen molar-refractivity contribution < 1.29 is 4.74 Å². The largest absolute Gasteiger partial charge is 0.485 e. The Labute approximate surface area is 176 Å². The fourth-order valence-electron chi connectivity index (χ4n) is 2.75.